The van der Waals surface area contributed by atoms with Gasteiger partial charge in [-0.2, -0.15) is 0 Å². The number of carbonyl (C=O) groups excluding carboxylic acids is 2. The molecule has 1 amide bonds. The predicted molar refractivity (Wildman–Crippen MR) is 88.3 cm³/mol. The third kappa shape index (κ3) is 4.55. The Morgan fingerprint density at radius 2 is 1.58 bits per heavy atom. The monoisotopic (exact) mass is 336 g/mol. The summed E-state index contributed by atoms with van der Waals surface area (Å²) in [4.78, 5) is 35.2. The average Bonchev–Trinajstić information content (AvgIpc) is 2.34. The van der Waals surface area contributed by atoms with Crippen molar-refractivity contribution in [2.75, 3.05) is 0 Å². The number of rotatable bonds is 5. The van der Waals surface area contributed by atoms with Crippen LogP contribution in [0, 0.1) is 19.8 Å². The van der Waals surface area contributed by atoms with Gasteiger partial charge >= 0.3 is 11.9 Å². The molecule has 0 radical (unpaired) electrons. The molecule has 0 fully saturated rings. The van der Waals surface area contributed by atoms with Crippen molar-refractivity contribution in [1.29, 1.82) is 0 Å². The maximum Gasteiger partial charge on any atom is 0.322 e. The highest BCUT2D eigenvalue weighted by Gasteiger charge is 2.38. The minimum atomic E-state index is -1.55. The molecule has 132 valence electrons. The van der Waals surface area contributed by atoms with Gasteiger partial charge in [-0.15, -0.1) is 0 Å². The Morgan fingerprint density at radius 3 is 1.92 bits per heavy atom. The fourth-order valence-electron chi connectivity index (χ4n) is 2.58. The molecule has 0 aromatic heterocycles. The van der Waals surface area contributed by atoms with E-state index in [0.717, 1.165) is 0 Å². The summed E-state index contributed by atoms with van der Waals surface area (Å²) in [5.74, 6) is -4.42. The molecule has 0 spiro atoms. The number of esters is 1. The summed E-state index contributed by atoms with van der Waals surface area (Å²) >= 11 is 0. The van der Waals surface area contributed by atoms with Gasteiger partial charge in [0.25, 0.3) is 0 Å². The molecule has 1 rings (SSSR count). The van der Waals surface area contributed by atoms with E-state index in [2.05, 4.69) is 0 Å². The third-order valence-electron chi connectivity index (χ3n) is 3.50. The van der Waals surface area contributed by atoms with E-state index in [1.165, 1.54) is 12.1 Å². The van der Waals surface area contributed by atoms with Crippen LogP contribution in [0.2, 0.25) is 0 Å². The first-order valence-corrected chi connectivity index (χ1v) is 7.47. The number of carboxylic acids is 1. The van der Waals surface area contributed by atoms with E-state index < -0.39 is 35.4 Å². The topological polar surface area (TPSA) is 133 Å². The number of amides is 1. The molecule has 1 aromatic carbocycles. The summed E-state index contributed by atoms with van der Waals surface area (Å²) in [6, 6.07) is 1.94. The van der Waals surface area contributed by atoms with Crippen LogP contribution >= 0.6 is 0 Å². The van der Waals surface area contributed by atoms with Crippen LogP contribution in [0.4, 0.5) is 0 Å². The second-order valence-corrected chi connectivity index (χ2v) is 6.76. The Labute approximate surface area is 141 Å². The van der Waals surface area contributed by atoms with Crippen LogP contribution in [0.3, 0.4) is 0 Å². The van der Waals surface area contributed by atoms with E-state index >= 15 is 0 Å². The molecule has 0 aliphatic carbocycles. The smallest absolute Gasteiger partial charge is 0.322 e. The van der Waals surface area contributed by atoms with Crippen molar-refractivity contribution < 1.29 is 24.2 Å². The second kappa shape index (κ2) is 7.00. The number of primary amides is 1. The van der Waals surface area contributed by atoms with E-state index in [-0.39, 0.29) is 0 Å². The van der Waals surface area contributed by atoms with Crippen molar-refractivity contribution in [3.05, 3.63) is 34.4 Å². The highest BCUT2D eigenvalue weighted by atomic mass is 16.6. The normalized spacial score (nSPS) is 13.9. The SMILES string of the molecule is Cc1cc(C(N)=O)cc(C)c1C(N)C(C(=O)O)C(=O)OC(C)(C)C. The molecule has 0 saturated carbocycles. The van der Waals surface area contributed by atoms with Crippen LogP contribution in [0.15, 0.2) is 12.1 Å². The standard InChI is InChI=1S/C17H24N2O5/c1-8-6-10(14(19)20)7-9(2)11(8)13(18)12(15(21)22)16(23)24-17(3,4)5/h6-7,12-13H,18H2,1-5H3,(H2,19,20)(H,21,22). The van der Waals surface area contributed by atoms with Gasteiger partial charge in [-0.05, 0) is 63.4 Å². The van der Waals surface area contributed by atoms with Gasteiger partial charge in [-0.25, -0.2) is 0 Å². The zero-order valence-electron chi connectivity index (χ0n) is 14.5. The Balaban J connectivity index is 3.31. The van der Waals surface area contributed by atoms with Crippen molar-refractivity contribution in [3.8, 4) is 0 Å². The van der Waals surface area contributed by atoms with Gasteiger partial charge < -0.3 is 21.3 Å². The number of carboxylic acid groups (broad SMARTS) is 1. The van der Waals surface area contributed by atoms with Gasteiger partial charge in [0.2, 0.25) is 5.91 Å². The Hall–Kier alpha value is -2.41. The van der Waals surface area contributed by atoms with Crippen LogP contribution in [-0.4, -0.2) is 28.6 Å². The zero-order chi connectivity index (χ0) is 18.8. The summed E-state index contributed by atoms with van der Waals surface area (Å²) < 4.78 is 5.17. The Bertz CT molecular complexity index is 653. The molecule has 7 nitrogen and oxygen atoms in total. The number of hydrogen-bond donors (Lipinski definition) is 3. The zero-order valence-corrected chi connectivity index (χ0v) is 14.5. The van der Waals surface area contributed by atoms with Gasteiger partial charge in [0.05, 0.1) is 6.04 Å². The van der Waals surface area contributed by atoms with Crippen molar-refractivity contribution in [2.24, 2.45) is 17.4 Å². The number of carbonyl (C=O) groups is 3. The number of aliphatic carboxylic acids is 1. The predicted octanol–water partition coefficient (Wildman–Crippen LogP) is 1.44. The highest BCUT2D eigenvalue weighted by Crippen LogP contribution is 2.29. The lowest BCUT2D eigenvalue weighted by Gasteiger charge is -2.27. The lowest BCUT2D eigenvalue weighted by Crippen LogP contribution is -2.39. The molecule has 24 heavy (non-hydrogen) atoms. The van der Waals surface area contributed by atoms with Crippen LogP contribution in [-0.2, 0) is 14.3 Å². The van der Waals surface area contributed by atoms with Crippen LogP contribution < -0.4 is 11.5 Å². The molecule has 1 aromatic rings. The minimum absolute atomic E-state index is 0.296. The average molecular weight is 336 g/mol. The highest BCUT2D eigenvalue weighted by molar-refractivity contribution is 5.96. The van der Waals surface area contributed by atoms with Gasteiger partial charge in [0, 0.05) is 5.56 Å². The lowest BCUT2D eigenvalue weighted by atomic mass is 9.86. The van der Waals surface area contributed by atoms with E-state index in [1.807, 2.05) is 0 Å². The van der Waals surface area contributed by atoms with Gasteiger partial charge in [-0.3, -0.25) is 14.4 Å². The fraction of sp³-hybridized carbons (Fsp3) is 0.471. The fourth-order valence-corrected chi connectivity index (χ4v) is 2.58. The Kier molecular flexibility index (Phi) is 5.73. The molecule has 0 aliphatic heterocycles. The first-order valence-electron chi connectivity index (χ1n) is 7.47. The molecule has 0 saturated heterocycles. The maximum atomic E-state index is 12.3. The second-order valence-electron chi connectivity index (χ2n) is 6.76. The quantitative estimate of drug-likeness (QED) is 0.550. The molecular formula is C17H24N2O5. The summed E-state index contributed by atoms with van der Waals surface area (Å²) in [5, 5.41) is 9.44. The first kappa shape index (κ1) is 19.6. The largest absolute Gasteiger partial charge is 0.481 e. The first-order chi connectivity index (χ1) is 10.8. The number of nitrogens with two attached hydrogens (primary N) is 2. The van der Waals surface area contributed by atoms with Crippen molar-refractivity contribution in [2.45, 2.75) is 46.3 Å². The summed E-state index contributed by atoms with van der Waals surface area (Å²) in [7, 11) is 0. The van der Waals surface area contributed by atoms with Crippen LogP contribution in [0.25, 0.3) is 0 Å². The maximum absolute atomic E-state index is 12.3. The summed E-state index contributed by atoms with van der Waals surface area (Å²) in [6.07, 6.45) is 0. The van der Waals surface area contributed by atoms with Gasteiger partial charge in [0.15, 0.2) is 5.92 Å². The molecule has 7 heteroatoms. The molecule has 0 heterocycles. The molecule has 0 aliphatic rings. The number of benzene rings is 1. The number of ether oxygens (including phenoxy) is 1. The van der Waals surface area contributed by atoms with E-state index in [0.29, 0.717) is 22.3 Å². The van der Waals surface area contributed by atoms with E-state index in [1.54, 1.807) is 34.6 Å². The third-order valence-corrected chi connectivity index (χ3v) is 3.50. The van der Waals surface area contributed by atoms with Crippen LogP contribution in [0.5, 0.6) is 0 Å². The van der Waals surface area contributed by atoms with Crippen LogP contribution in [0.1, 0.15) is 53.9 Å². The molecule has 5 N–H and O–H groups in total. The van der Waals surface area contributed by atoms with Crippen molar-refractivity contribution >= 4 is 17.8 Å². The molecule has 0 bridgehead atoms. The lowest BCUT2D eigenvalue weighted by molar-refractivity contribution is -0.167. The van der Waals surface area contributed by atoms with E-state index in [4.69, 9.17) is 16.2 Å². The Morgan fingerprint density at radius 1 is 1.12 bits per heavy atom. The van der Waals surface area contributed by atoms with Crippen molar-refractivity contribution in [3.63, 3.8) is 0 Å². The van der Waals surface area contributed by atoms with Crippen molar-refractivity contribution in [1.82, 2.24) is 0 Å². The molecule has 2 atom stereocenters. The van der Waals surface area contributed by atoms with Gasteiger partial charge in [-0.1, -0.05) is 0 Å². The minimum Gasteiger partial charge on any atom is -0.481 e. The molecule has 2 unspecified atom stereocenters. The molecular weight excluding hydrogens is 312 g/mol. The van der Waals surface area contributed by atoms with E-state index in [9.17, 15) is 19.5 Å². The number of aryl methyl sites for hydroxylation is 2. The number of hydrogen-bond acceptors (Lipinski definition) is 5. The summed E-state index contributed by atoms with van der Waals surface area (Å²) in [5.41, 5.74) is 12.5. The summed E-state index contributed by atoms with van der Waals surface area (Å²) in [6.45, 7) is 8.31. The van der Waals surface area contributed by atoms with Gasteiger partial charge in [0.1, 0.15) is 5.60 Å².